The molecule has 1 atom stereocenters. The number of H-pyrrole nitrogens is 2. The summed E-state index contributed by atoms with van der Waals surface area (Å²) in [6, 6.07) is 12.4. The molecule has 4 aromatic rings. The molecule has 0 spiro atoms. The van der Waals surface area contributed by atoms with Gasteiger partial charge in [-0.25, -0.2) is 4.98 Å². The Bertz CT molecular complexity index is 1250. The maximum absolute atomic E-state index is 12.9. The predicted molar refractivity (Wildman–Crippen MR) is 105 cm³/mol. The Hall–Kier alpha value is -3.26. The van der Waals surface area contributed by atoms with Gasteiger partial charge < -0.3 is 14.9 Å². The van der Waals surface area contributed by atoms with Crippen molar-refractivity contribution in [2.24, 2.45) is 0 Å². The standard InChI is InChI=1S/C19H16N4O3S/c1-10(18-22-13-5-3-4-6-15(13)27-18)23(2)19(26)11-7-8-12-14(9-11)21-17(25)16(24)20-12/h3-10H,1-2H3,(H,20,24)(H,21,25)/t10-/m1/s1. The fourth-order valence-electron chi connectivity index (χ4n) is 2.86. The van der Waals surface area contributed by atoms with Crippen molar-refractivity contribution in [3.05, 3.63) is 73.7 Å². The first kappa shape index (κ1) is 17.2. The van der Waals surface area contributed by atoms with Crippen LogP contribution in [0.15, 0.2) is 52.1 Å². The number of thiazole rings is 1. The van der Waals surface area contributed by atoms with Crippen molar-refractivity contribution in [1.29, 1.82) is 0 Å². The highest BCUT2D eigenvalue weighted by atomic mass is 32.1. The Labute approximate surface area is 157 Å². The highest BCUT2D eigenvalue weighted by Crippen LogP contribution is 2.29. The maximum atomic E-state index is 12.9. The minimum absolute atomic E-state index is 0.198. The van der Waals surface area contributed by atoms with Crippen molar-refractivity contribution < 1.29 is 4.79 Å². The van der Waals surface area contributed by atoms with E-state index in [0.29, 0.717) is 16.6 Å². The van der Waals surface area contributed by atoms with E-state index in [1.54, 1.807) is 41.5 Å². The molecule has 8 heteroatoms. The minimum atomic E-state index is -0.747. The molecule has 0 radical (unpaired) electrons. The van der Waals surface area contributed by atoms with E-state index in [1.165, 1.54) is 0 Å². The van der Waals surface area contributed by atoms with Gasteiger partial charge in [-0.05, 0) is 37.3 Å². The Kier molecular flexibility index (Phi) is 4.12. The second kappa shape index (κ2) is 6.48. The number of benzene rings is 2. The zero-order valence-corrected chi connectivity index (χ0v) is 15.5. The van der Waals surface area contributed by atoms with Crippen molar-refractivity contribution in [3.8, 4) is 0 Å². The lowest BCUT2D eigenvalue weighted by atomic mass is 10.1. The molecule has 0 aliphatic heterocycles. The molecule has 27 heavy (non-hydrogen) atoms. The minimum Gasteiger partial charge on any atom is -0.333 e. The van der Waals surface area contributed by atoms with Crippen molar-refractivity contribution in [3.63, 3.8) is 0 Å². The number of rotatable bonds is 3. The van der Waals surface area contributed by atoms with Gasteiger partial charge in [0.05, 0.1) is 27.3 Å². The number of amides is 1. The Morgan fingerprint density at radius 3 is 2.52 bits per heavy atom. The number of nitrogens with one attached hydrogen (secondary N) is 2. The lowest BCUT2D eigenvalue weighted by Gasteiger charge is -2.23. The molecule has 7 nitrogen and oxygen atoms in total. The van der Waals surface area contributed by atoms with Crippen LogP contribution in [0.5, 0.6) is 0 Å². The number of carbonyl (C=O) groups excluding carboxylic acids is 1. The van der Waals surface area contributed by atoms with Crippen molar-refractivity contribution in [2.75, 3.05) is 7.05 Å². The zero-order valence-electron chi connectivity index (χ0n) is 14.6. The van der Waals surface area contributed by atoms with E-state index in [1.807, 2.05) is 31.2 Å². The van der Waals surface area contributed by atoms with Crippen LogP contribution >= 0.6 is 11.3 Å². The molecular formula is C19H16N4O3S. The molecule has 2 aromatic heterocycles. The number of aromatic amines is 2. The van der Waals surface area contributed by atoms with Gasteiger partial charge in [0.15, 0.2) is 0 Å². The normalized spacial score (nSPS) is 12.4. The van der Waals surface area contributed by atoms with Gasteiger partial charge in [-0.1, -0.05) is 12.1 Å². The molecule has 4 rings (SSSR count). The molecule has 0 saturated heterocycles. The van der Waals surface area contributed by atoms with Gasteiger partial charge in [0.1, 0.15) is 5.01 Å². The second-order valence-electron chi connectivity index (χ2n) is 6.28. The summed E-state index contributed by atoms with van der Waals surface area (Å²) < 4.78 is 1.08. The van der Waals surface area contributed by atoms with Gasteiger partial charge in [0.2, 0.25) is 0 Å². The molecule has 136 valence electrons. The molecule has 0 fully saturated rings. The van der Waals surface area contributed by atoms with Crippen LogP contribution in [0.1, 0.15) is 28.3 Å². The van der Waals surface area contributed by atoms with Gasteiger partial charge >= 0.3 is 11.1 Å². The Morgan fingerprint density at radius 2 is 1.78 bits per heavy atom. The van der Waals surface area contributed by atoms with E-state index in [2.05, 4.69) is 15.0 Å². The van der Waals surface area contributed by atoms with Crippen molar-refractivity contribution >= 4 is 38.5 Å². The zero-order chi connectivity index (χ0) is 19.1. The van der Waals surface area contributed by atoms with Gasteiger partial charge in [0.25, 0.3) is 5.91 Å². The summed E-state index contributed by atoms with van der Waals surface area (Å²) in [5.74, 6) is -0.198. The summed E-state index contributed by atoms with van der Waals surface area (Å²) in [7, 11) is 1.72. The lowest BCUT2D eigenvalue weighted by molar-refractivity contribution is 0.0742. The average Bonchev–Trinajstić information content (AvgIpc) is 3.11. The second-order valence-corrected chi connectivity index (χ2v) is 7.34. The van der Waals surface area contributed by atoms with Crippen LogP contribution in [0.2, 0.25) is 0 Å². The summed E-state index contributed by atoms with van der Waals surface area (Å²) in [6.45, 7) is 1.93. The number of hydrogen-bond donors (Lipinski definition) is 2. The Balaban J connectivity index is 1.66. The third-order valence-electron chi connectivity index (χ3n) is 4.54. The average molecular weight is 380 g/mol. The van der Waals surface area contributed by atoms with E-state index < -0.39 is 11.1 Å². The van der Waals surface area contributed by atoms with Crippen LogP contribution in [-0.4, -0.2) is 32.8 Å². The van der Waals surface area contributed by atoms with E-state index in [-0.39, 0.29) is 11.9 Å². The number of hydrogen-bond acceptors (Lipinski definition) is 5. The highest BCUT2D eigenvalue weighted by molar-refractivity contribution is 7.18. The van der Waals surface area contributed by atoms with Crippen LogP contribution in [0.3, 0.4) is 0 Å². The summed E-state index contributed by atoms with van der Waals surface area (Å²) in [5.41, 5.74) is 0.744. The molecular weight excluding hydrogens is 364 g/mol. The van der Waals surface area contributed by atoms with Gasteiger partial charge in [-0.15, -0.1) is 11.3 Å². The number of aromatic nitrogens is 3. The monoisotopic (exact) mass is 380 g/mol. The third-order valence-corrected chi connectivity index (χ3v) is 5.74. The quantitative estimate of drug-likeness (QED) is 0.534. The van der Waals surface area contributed by atoms with Crippen LogP contribution in [-0.2, 0) is 0 Å². The molecule has 0 saturated carbocycles. The van der Waals surface area contributed by atoms with Crippen LogP contribution in [0.4, 0.5) is 0 Å². The van der Waals surface area contributed by atoms with E-state index in [4.69, 9.17) is 0 Å². The number of fused-ring (bicyclic) bond motifs is 2. The van der Waals surface area contributed by atoms with E-state index in [0.717, 1.165) is 15.2 Å². The first-order chi connectivity index (χ1) is 12.9. The smallest absolute Gasteiger partial charge is 0.314 e. The number of para-hydroxylation sites is 1. The number of nitrogens with zero attached hydrogens (tertiary/aromatic N) is 2. The fourth-order valence-corrected chi connectivity index (χ4v) is 3.92. The van der Waals surface area contributed by atoms with Crippen LogP contribution in [0, 0.1) is 0 Å². The molecule has 0 unspecified atom stereocenters. The van der Waals surface area contributed by atoms with E-state index in [9.17, 15) is 14.4 Å². The number of carbonyl (C=O) groups is 1. The van der Waals surface area contributed by atoms with Crippen molar-refractivity contribution in [1.82, 2.24) is 19.9 Å². The van der Waals surface area contributed by atoms with Gasteiger partial charge in [-0.2, -0.15) is 0 Å². The van der Waals surface area contributed by atoms with E-state index >= 15 is 0 Å². The molecule has 2 aromatic carbocycles. The molecule has 2 heterocycles. The Morgan fingerprint density at radius 1 is 1.07 bits per heavy atom. The predicted octanol–water partition coefficient (Wildman–Crippen LogP) is 2.66. The molecule has 0 aliphatic carbocycles. The van der Waals surface area contributed by atoms with Gasteiger partial charge in [0, 0.05) is 12.6 Å². The fraction of sp³-hybridized carbons (Fsp3) is 0.158. The van der Waals surface area contributed by atoms with Gasteiger partial charge in [-0.3, -0.25) is 14.4 Å². The lowest BCUT2D eigenvalue weighted by Crippen LogP contribution is -2.30. The highest BCUT2D eigenvalue weighted by Gasteiger charge is 2.22. The molecule has 2 N–H and O–H groups in total. The van der Waals surface area contributed by atoms with Crippen LogP contribution < -0.4 is 11.1 Å². The molecule has 0 bridgehead atoms. The SMILES string of the molecule is C[C@H](c1nc2ccccc2s1)N(C)C(=O)c1ccc2[nH]c(=O)c(=O)[nH]c2c1. The molecule has 0 aliphatic rings. The summed E-state index contributed by atoms with van der Waals surface area (Å²) in [4.78, 5) is 47.0. The first-order valence-electron chi connectivity index (χ1n) is 8.33. The summed E-state index contributed by atoms with van der Waals surface area (Å²) >= 11 is 1.56. The largest absolute Gasteiger partial charge is 0.333 e. The topological polar surface area (TPSA) is 98.9 Å². The van der Waals surface area contributed by atoms with Crippen molar-refractivity contribution in [2.45, 2.75) is 13.0 Å². The van der Waals surface area contributed by atoms with Crippen LogP contribution in [0.25, 0.3) is 21.3 Å². The summed E-state index contributed by atoms with van der Waals surface area (Å²) in [5, 5.41) is 0.852. The third kappa shape index (κ3) is 3.04. The maximum Gasteiger partial charge on any atom is 0.314 e. The molecule has 1 amide bonds. The first-order valence-corrected chi connectivity index (χ1v) is 9.14. The summed E-state index contributed by atoms with van der Waals surface area (Å²) in [6.07, 6.45) is 0.